The van der Waals surface area contributed by atoms with Gasteiger partial charge in [0.1, 0.15) is 12.1 Å². The van der Waals surface area contributed by atoms with Crippen LogP contribution in [0.15, 0.2) is 18.5 Å². The molecule has 15 heavy (non-hydrogen) atoms. The number of aryl methyl sites for hydroxylation is 1. The molecule has 1 aromatic carbocycles. The summed E-state index contributed by atoms with van der Waals surface area (Å²) in [6.45, 7) is 2.22. The van der Waals surface area contributed by atoms with E-state index in [4.69, 9.17) is 5.73 Å². The highest BCUT2D eigenvalue weighted by Gasteiger charge is 2.10. The van der Waals surface area contributed by atoms with Crippen molar-refractivity contribution in [3.05, 3.63) is 35.4 Å². The molecular formula is C10H11FN4. The summed E-state index contributed by atoms with van der Waals surface area (Å²) >= 11 is 0. The Morgan fingerprint density at radius 1 is 1.47 bits per heavy atom. The maximum Gasteiger partial charge on any atom is 0.158 e. The fourth-order valence-electron chi connectivity index (χ4n) is 1.46. The molecule has 0 aliphatic heterocycles. The molecule has 0 fully saturated rings. The topological polar surface area (TPSA) is 67.6 Å². The number of rotatable bonds is 2. The summed E-state index contributed by atoms with van der Waals surface area (Å²) < 4.78 is 13.6. The van der Waals surface area contributed by atoms with Crippen LogP contribution in [0.2, 0.25) is 0 Å². The number of benzene rings is 1. The number of halogens is 1. The Hall–Kier alpha value is -1.75. The summed E-state index contributed by atoms with van der Waals surface area (Å²) in [5.41, 5.74) is 7.66. The number of aromatic amines is 1. The molecule has 0 amide bonds. The van der Waals surface area contributed by atoms with Crippen molar-refractivity contribution in [1.82, 2.24) is 15.2 Å². The zero-order chi connectivity index (χ0) is 10.8. The first kappa shape index (κ1) is 9.79. The van der Waals surface area contributed by atoms with Crippen molar-refractivity contribution in [2.45, 2.75) is 13.5 Å². The third kappa shape index (κ3) is 1.73. The monoisotopic (exact) mass is 206 g/mol. The van der Waals surface area contributed by atoms with Crippen molar-refractivity contribution in [3.8, 4) is 11.4 Å². The molecule has 0 aliphatic carbocycles. The molecule has 0 radical (unpaired) electrons. The van der Waals surface area contributed by atoms with Gasteiger partial charge in [-0.2, -0.15) is 5.10 Å². The van der Waals surface area contributed by atoms with E-state index in [-0.39, 0.29) is 5.82 Å². The highest BCUT2D eigenvalue weighted by molar-refractivity contribution is 5.57. The Labute approximate surface area is 86.3 Å². The minimum Gasteiger partial charge on any atom is -0.326 e. The largest absolute Gasteiger partial charge is 0.326 e. The van der Waals surface area contributed by atoms with E-state index in [2.05, 4.69) is 15.2 Å². The average Bonchev–Trinajstić information content (AvgIpc) is 2.74. The molecule has 3 N–H and O–H groups in total. The molecule has 0 spiro atoms. The molecule has 0 saturated heterocycles. The van der Waals surface area contributed by atoms with Crippen molar-refractivity contribution in [1.29, 1.82) is 0 Å². The van der Waals surface area contributed by atoms with Gasteiger partial charge < -0.3 is 5.73 Å². The highest BCUT2D eigenvalue weighted by atomic mass is 19.1. The van der Waals surface area contributed by atoms with Crippen LogP contribution in [-0.4, -0.2) is 15.2 Å². The van der Waals surface area contributed by atoms with E-state index in [1.165, 1.54) is 12.4 Å². The van der Waals surface area contributed by atoms with Gasteiger partial charge in [-0.1, -0.05) is 0 Å². The summed E-state index contributed by atoms with van der Waals surface area (Å²) in [7, 11) is 0. The molecule has 1 aromatic heterocycles. The van der Waals surface area contributed by atoms with Crippen LogP contribution < -0.4 is 5.73 Å². The van der Waals surface area contributed by atoms with Gasteiger partial charge >= 0.3 is 0 Å². The van der Waals surface area contributed by atoms with Gasteiger partial charge in [-0.15, -0.1) is 0 Å². The lowest BCUT2D eigenvalue weighted by Gasteiger charge is -2.06. The molecule has 1 heterocycles. The van der Waals surface area contributed by atoms with Crippen molar-refractivity contribution in [3.63, 3.8) is 0 Å². The van der Waals surface area contributed by atoms with Crippen LogP contribution in [0.5, 0.6) is 0 Å². The van der Waals surface area contributed by atoms with Crippen molar-refractivity contribution in [2.75, 3.05) is 0 Å². The molecule has 0 saturated carbocycles. The van der Waals surface area contributed by atoms with Crippen molar-refractivity contribution >= 4 is 0 Å². The summed E-state index contributed by atoms with van der Waals surface area (Å²) in [4.78, 5) is 3.91. The first-order chi connectivity index (χ1) is 7.22. The number of hydrogen-bond acceptors (Lipinski definition) is 3. The van der Waals surface area contributed by atoms with Gasteiger partial charge in [0.15, 0.2) is 5.82 Å². The van der Waals surface area contributed by atoms with E-state index in [9.17, 15) is 4.39 Å². The third-order valence-corrected chi connectivity index (χ3v) is 2.32. The van der Waals surface area contributed by atoms with E-state index in [0.29, 0.717) is 17.9 Å². The molecule has 5 heteroatoms. The lowest BCUT2D eigenvalue weighted by atomic mass is 10.0. The summed E-state index contributed by atoms with van der Waals surface area (Å²) in [6, 6.07) is 3.16. The number of hydrogen-bond donors (Lipinski definition) is 2. The second-order valence-corrected chi connectivity index (χ2v) is 3.30. The minimum absolute atomic E-state index is 0.333. The summed E-state index contributed by atoms with van der Waals surface area (Å²) in [5.74, 6) is 0.0944. The van der Waals surface area contributed by atoms with E-state index < -0.39 is 0 Å². The first-order valence-corrected chi connectivity index (χ1v) is 4.57. The predicted molar refractivity (Wildman–Crippen MR) is 54.4 cm³/mol. The zero-order valence-corrected chi connectivity index (χ0v) is 8.29. The standard InChI is InChI=1S/C10H11FN4/c1-6-2-8(10-13-5-14-15-10)9(11)3-7(6)4-12/h2-3,5H,4,12H2,1H3,(H,13,14,15). The van der Waals surface area contributed by atoms with Crippen LogP contribution in [-0.2, 0) is 6.54 Å². The Kier molecular flexibility index (Phi) is 2.47. The number of aromatic nitrogens is 3. The smallest absolute Gasteiger partial charge is 0.158 e. The fourth-order valence-corrected chi connectivity index (χ4v) is 1.46. The number of nitrogens with zero attached hydrogens (tertiary/aromatic N) is 2. The van der Waals surface area contributed by atoms with Crippen molar-refractivity contribution < 1.29 is 4.39 Å². The van der Waals surface area contributed by atoms with Crippen LogP contribution in [0.3, 0.4) is 0 Å². The Morgan fingerprint density at radius 3 is 2.87 bits per heavy atom. The molecular weight excluding hydrogens is 195 g/mol. The average molecular weight is 206 g/mol. The number of nitrogens with one attached hydrogen (secondary N) is 1. The van der Waals surface area contributed by atoms with E-state index in [1.54, 1.807) is 6.07 Å². The number of H-pyrrole nitrogens is 1. The van der Waals surface area contributed by atoms with Crippen LogP contribution in [0.1, 0.15) is 11.1 Å². The van der Waals surface area contributed by atoms with Gasteiger partial charge in [0.25, 0.3) is 0 Å². The van der Waals surface area contributed by atoms with Gasteiger partial charge in [0.05, 0.1) is 5.56 Å². The maximum absolute atomic E-state index is 13.6. The van der Waals surface area contributed by atoms with Crippen LogP contribution in [0.25, 0.3) is 11.4 Å². The number of nitrogens with two attached hydrogens (primary N) is 1. The van der Waals surface area contributed by atoms with Gasteiger partial charge in [0.2, 0.25) is 0 Å². The van der Waals surface area contributed by atoms with Crippen molar-refractivity contribution in [2.24, 2.45) is 5.73 Å². The first-order valence-electron chi connectivity index (χ1n) is 4.57. The van der Waals surface area contributed by atoms with Crippen LogP contribution in [0, 0.1) is 12.7 Å². The van der Waals surface area contributed by atoms with Gasteiger partial charge in [-0.25, -0.2) is 9.37 Å². The second kappa shape index (κ2) is 3.78. The lowest BCUT2D eigenvalue weighted by molar-refractivity contribution is 0.627. The predicted octanol–water partition coefficient (Wildman–Crippen LogP) is 1.38. The fraction of sp³-hybridized carbons (Fsp3) is 0.200. The molecule has 78 valence electrons. The second-order valence-electron chi connectivity index (χ2n) is 3.30. The molecule has 2 rings (SSSR count). The quantitative estimate of drug-likeness (QED) is 0.780. The Bertz CT molecular complexity index is 465. The van der Waals surface area contributed by atoms with Crippen LogP contribution in [0.4, 0.5) is 4.39 Å². The SMILES string of the molecule is Cc1cc(-c2ncn[nH]2)c(F)cc1CN. The minimum atomic E-state index is -0.335. The van der Waals surface area contributed by atoms with Gasteiger partial charge in [0, 0.05) is 6.54 Å². The normalized spacial score (nSPS) is 10.6. The molecule has 2 aromatic rings. The molecule has 0 bridgehead atoms. The zero-order valence-electron chi connectivity index (χ0n) is 8.29. The van der Waals surface area contributed by atoms with Gasteiger partial charge in [-0.3, -0.25) is 5.10 Å². The highest BCUT2D eigenvalue weighted by Crippen LogP contribution is 2.22. The van der Waals surface area contributed by atoms with E-state index >= 15 is 0 Å². The van der Waals surface area contributed by atoms with Crippen LogP contribution >= 0.6 is 0 Å². The van der Waals surface area contributed by atoms with E-state index in [0.717, 1.165) is 11.1 Å². The maximum atomic E-state index is 13.6. The van der Waals surface area contributed by atoms with E-state index in [1.807, 2.05) is 6.92 Å². The summed E-state index contributed by atoms with van der Waals surface area (Å²) in [6.07, 6.45) is 1.35. The molecule has 4 nitrogen and oxygen atoms in total. The lowest BCUT2D eigenvalue weighted by Crippen LogP contribution is -2.01. The Morgan fingerprint density at radius 2 is 2.27 bits per heavy atom. The third-order valence-electron chi connectivity index (χ3n) is 2.32. The Balaban J connectivity index is 2.55. The van der Waals surface area contributed by atoms with Gasteiger partial charge in [-0.05, 0) is 30.2 Å². The molecule has 0 unspecified atom stereocenters. The molecule has 0 aliphatic rings. The summed E-state index contributed by atoms with van der Waals surface area (Å²) in [5, 5.41) is 6.31. The molecule has 0 atom stereocenters.